The average Bonchev–Trinajstić information content (AvgIpc) is 2.13. The molecule has 13 heavy (non-hydrogen) atoms. The topological polar surface area (TPSA) is 12.5 Å². The monoisotopic (exact) mass is 179 g/mol. The summed E-state index contributed by atoms with van der Waals surface area (Å²) in [6.45, 7) is 13.0. The van der Waals surface area contributed by atoms with Crippen LogP contribution in [-0.4, -0.2) is 24.6 Å². The molecule has 0 spiro atoms. The van der Waals surface area contributed by atoms with Gasteiger partial charge in [0.1, 0.15) is 6.61 Å². The summed E-state index contributed by atoms with van der Waals surface area (Å²) >= 11 is 0. The van der Waals surface area contributed by atoms with Crippen molar-refractivity contribution in [3.8, 4) is 0 Å². The van der Waals surface area contributed by atoms with Gasteiger partial charge in [-0.05, 0) is 12.3 Å². The molecule has 0 aromatic heterocycles. The van der Waals surface area contributed by atoms with Gasteiger partial charge in [-0.1, -0.05) is 18.7 Å². The van der Waals surface area contributed by atoms with Crippen molar-refractivity contribution in [1.82, 2.24) is 4.90 Å². The Kier molecular flexibility index (Phi) is 7.70. The lowest BCUT2D eigenvalue weighted by Crippen LogP contribution is -2.16. The lowest BCUT2D eigenvalue weighted by Gasteiger charge is -2.15. The van der Waals surface area contributed by atoms with E-state index < -0.39 is 0 Å². The highest BCUT2D eigenvalue weighted by atomic mass is 16.5. The molecule has 0 radical (unpaired) electrons. The van der Waals surface area contributed by atoms with Gasteiger partial charge < -0.3 is 9.64 Å². The second-order valence-electron chi connectivity index (χ2n) is 2.42. The zero-order chi connectivity index (χ0) is 9.94. The molecule has 0 saturated heterocycles. The Balaban J connectivity index is 3.76. The van der Waals surface area contributed by atoms with E-state index in [1.165, 1.54) is 6.26 Å². The Labute approximate surface area is 80.5 Å². The third-order valence-corrected chi connectivity index (χ3v) is 1.35. The maximum absolute atomic E-state index is 4.94. The predicted molar refractivity (Wildman–Crippen MR) is 57.3 cm³/mol. The van der Waals surface area contributed by atoms with Crippen LogP contribution in [0.1, 0.15) is 0 Å². The quantitative estimate of drug-likeness (QED) is 0.322. The van der Waals surface area contributed by atoms with Gasteiger partial charge in [0, 0.05) is 13.1 Å². The zero-order valence-electron chi connectivity index (χ0n) is 7.98. The molecule has 0 atom stereocenters. The Morgan fingerprint density at radius 2 is 1.69 bits per heavy atom. The molecule has 72 valence electrons. The van der Waals surface area contributed by atoms with Crippen LogP contribution in [-0.2, 0) is 4.74 Å². The molecule has 0 aliphatic carbocycles. The molecule has 2 nitrogen and oxygen atoms in total. The number of hydrogen-bond donors (Lipinski definition) is 0. The van der Waals surface area contributed by atoms with Crippen molar-refractivity contribution in [2.24, 2.45) is 0 Å². The van der Waals surface area contributed by atoms with Crippen molar-refractivity contribution in [2.75, 3.05) is 19.7 Å². The average molecular weight is 179 g/mol. The molecule has 0 aliphatic rings. The smallest absolute Gasteiger partial charge is 0.107 e. The summed E-state index contributed by atoms with van der Waals surface area (Å²) in [6, 6.07) is 0. The Morgan fingerprint density at radius 3 is 2.15 bits per heavy atom. The molecular formula is C11H17NO. The molecular weight excluding hydrogens is 162 g/mol. The number of hydrogen-bond acceptors (Lipinski definition) is 2. The van der Waals surface area contributed by atoms with E-state index >= 15 is 0 Å². The molecule has 0 N–H and O–H groups in total. The van der Waals surface area contributed by atoms with Crippen LogP contribution in [0, 0.1) is 0 Å². The van der Waals surface area contributed by atoms with Crippen LogP contribution in [0.2, 0.25) is 0 Å². The fraction of sp³-hybridized carbons (Fsp3) is 0.273. The Bertz CT molecular complexity index is 175. The van der Waals surface area contributed by atoms with Crippen LogP contribution < -0.4 is 0 Å². The molecule has 0 aliphatic heterocycles. The first-order valence-electron chi connectivity index (χ1n) is 4.20. The van der Waals surface area contributed by atoms with E-state index in [4.69, 9.17) is 4.74 Å². The highest BCUT2D eigenvalue weighted by molar-refractivity contribution is 4.90. The largest absolute Gasteiger partial charge is 0.498 e. The van der Waals surface area contributed by atoms with Crippen LogP contribution >= 0.6 is 0 Å². The Hall–Kier alpha value is -1.44. The van der Waals surface area contributed by atoms with Gasteiger partial charge in [0.05, 0.1) is 6.26 Å². The van der Waals surface area contributed by atoms with Crippen LogP contribution in [0.4, 0.5) is 0 Å². The molecule has 0 saturated carbocycles. The third kappa shape index (κ3) is 6.94. The minimum Gasteiger partial charge on any atom is -0.498 e. The van der Waals surface area contributed by atoms with Gasteiger partial charge in [-0.25, -0.2) is 0 Å². The van der Waals surface area contributed by atoms with E-state index in [0.29, 0.717) is 6.61 Å². The van der Waals surface area contributed by atoms with Crippen molar-refractivity contribution in [3.63, 3.8) is 0 Å². The third-order valence-electron chi connectivity index (χ3n) is 1.35. The van der Waals surface area contributed by atoms with E-state index in [0.717, 1.165) is 13.1 Å². The first-order valence-corrected chi connectivity index (χ1v) is 4.20. The summed E-state index contributed by atoms with van der Waals surface area (Å²) in [6.07, 6.45) is 9.02. The normalized spacial score (nSPS) is 9.54. The molecule has 0 aromatic carbocycles. The first kappa shape index (κ1) is 11.6. The Morgan fingerprint density at radius 1 is 1.08 bits per heavy atom. The van der Waals surface area contributed by atoms with E-state index in [1.54, 1.807) is 0 Å². The number of nitrogens with zero attached hydrogens (tertiary/aromatic N) is 1. The van der Waals surface area contributed by atoms with Crippen molar-refractivity contribution >= 4 is 0 Å². The summed E-state index contributed by atoms with van der Waals surface area (Å²) < 4.78 is 4.94. The minimum atomic E-state index is 0.550. The highest BCUT2D eigenvalue weighted by Crippen LogP contribution is 1.91. The second kappa shape index (κ2) is 8.65. The van der Waals surface area contributed by atoms with Gasteiger partial charge >= 0.3 is 0 Å². The van der Waals surface area contributed by atoms with Gasteiger partial charge in [0.15, 0.2) is 0 Å². The molecule has 0 unspecified atom stereocenters. The standard InChI is InChI=1S/C11H17NO/c1-4-8-12(9-5-2)10-7-11-13-6-3/h4-7,10H,1-3,8-9,11H2. The summed E-state index contributed by atoms with van der Waals surface area (Å²) in [5.41, 5.74) is 0. The van der Waals surface area contributed by atoms with Crippen LogP contribution in [0.5, 0.6) is 0 Å². The second-order valence-corrected chi connectivity index (χ2v) is 2.42. The van der Waals surface area contributed by atoms with Crippen molar-refractivity contribution < 1.29 is 4.74 Å². The van der Waals surface area contributed by atoms with E-state index in [9.17, 15) is 0 Å². The van der Waals surface area contributed by atoms with Gasteiger partial charge in [-0.2, -0.15) is 0 Å². The SMILES string of the molecule is C=CCN(C=CCOC=C)CC=C. The summed E-state index contributed by atoms with van der Waals surface area (Å²) in [5.74, 6) is 0. The highest BCUT2D eigenvalue weighted by Gasteiger charge is 1.90. The van der Waals surface area contributed by atoms with Crippen LogP contribution in [0.3, 0.4) is 0 Å². The van der Waals surface area contributed by atoms with Crippen molar-refractivity contribution in [3.05, 3.63) is 50.4 Å². The zero-order valence-corrected chi connectivity index (χ0v) is 7.98. The maximum Gasteiger partial charge on any atom is 0.107 e. The number of ether oxygens (including phenoxy) is 1. The van der Waals surface area contributed by atoms with Gasteiger partial charge in [0.2, 0.25) is 0 Å². The maximum atomic E-state index is 4.94. The fourth-order valence-electron chi connectivity index (χ4n) is 0.844. The minimum absolute atomic E-state index is 0.550. The molecule has 0 rings (SSSR count). The van der Waals surface area contributed by atoms with Crippen LogP contribution in [0.25, 0.3) is 0 Å². The molecule has 2 heteroatoms. The van der Waals surface area contributed by atoms with E-state index in [2.05, 4.69) is 24.6 Å². The lowest BCUT2D eigenvalue weighted by atomic mass is 10.4. The van der Waals surface area contributed by atoms with E-state index in [1.807, 2.05) is 24.4 Å². The van der Waals surface area contributed by atoms with Gasteiger partial charge in [-0.15, -0.1) is 13.2 Å². The van der Waals surface area contributed by atoms with Gasteiger partial charge in [0.25, 0.3) is 0 Å². The molecule has 0 heterocycles. The van der Waals surface area contributed by atoms with E-state index in [-0.39, 0.29) is 0 Å². The fourth-order valence-corrected chi connectivity index (χ4v) is 0.844. The first-order chi connectivity index (χ1) is 6.35. The van der Waals surface area contributed by atoms with Gasteiger partial charge in [-0.3, -0.25) is 0 Å². The number of rotatable bonds is 8. The molecule has 0 fully saturated rings. The molecule has 0 amide bonds. The molecule has 0 bridgehead atoms. The predicted octanol–water partition coefficient (Wildman–Crippen LogP) is 2.33. The van der Waals surface area contributed by atoms with Crippen molar-refractivity contribution in [1.29, 1.82) is 0 Å². The lowest BCUT2D eigenvalue weighted by molar-refractivity contribution is 0.288. The summed E-state index contributed by atoms with van der Waals surface area (Å²) in [7, 11) is 0. The van der Waals surface area contributed by atoms with Crippen molar-refractivity contribution in [2.45, 2.75) is 0 Å². The van der Waals surface area contributed by atoms with Crippen LogP contribution in [0.15, 0.2) is 50.4 Å². The molecule has 0 aromatic rings. The summed E-state index contributed by atoms with van der Waals surface area (Å²) in [4.78, 5) is 2.08. The summed E-state index contributed by atoms with van der Waals surface area (Å²) in [5, 5.41) is 0.